The maximum absolute atomic E-state index is 12.6. The summed E-state index contributed by atoms with van der Waals surface area (Å²) >= 11 is 0. The summed E-state index contributed by atoms with van der Waals surface area (Å²) in [6, 6.07) is 1.60. The number of phenolic OH excluding ortho intramolecular Hbond substituents is 2. The molecule has 0 aliphatic heterocycles. The Bertz CT molecular complexity index is 1690. The number of esters is 2. The monoisotopic (exact) mass is 762 g/mol. The molecule has 1 aromatic carbocycles. The van der Waals surface area contributed by atoms with Gasteiger partial charge in [-0.05, 0) is 117 Å². The van der Waals surface area contributed by atoms with Crippen molar-refractivity contribution in [2.24, 2.45) is 0 Å². The van der Waals surface area contributed by atoms with E-state index in [0.717, 1.165) is 63.4 Å². The summed E-state index contributed by atoms with van der Waals surface area (Å²) in [4.78, 5) is 49.6. The molecule has 1 aliphatic carbocycles. The molecular weight excluding hydrogens is 696 g/mol. The second-order valence-electron chi connectivity index (χ2n) is 14.6. The number of methoxy groups -OCH3 is 2. The quantitative estimate of drug-likeness (QED) is 0.0388. The third-order valence-electron chi connectivity index (χ3n) is 9.39. The van der Waals surface area contributed by atoms with Gasteiger partial charge in [0.1, 0.15) is 28.4 Å². The molecule has 1 aromatic rings. The minimum atomic E-state index is -0.786. The molecule has 55 heavy (non-hydrogen) atoms. The lowest BCUT2D eigenvalue weighted by molar-refractivity contribution is -0.137. The van der Waals surface area contributed by atoms with Crippen LogP contribution in [0.25, 0.3) is 0 Å². The Hall–Kier alpha value is -4.66. The lowest BCUT2D eigenvalue weighted by Gasteiger charge is -2.19. The van der Waals surface area contributed by atoms with Crippen molar-refractivity contribution in [3.05, 3.63) is 91.8 Å². The van der Waals surface area contributed by atoms with Crippen LogP contribution in [0.15, 0.2) is 75.1 Å². The molecule has 0 atom stereocenters. The molecule has 0 aromatic heterocycles. The Morgan fingerprint density at radius 1 is 0.655 bits per heavy atom. The molecule has 0 heterocycles. The Morgan fingerprint density at radius 2 is 1.15 bits per heavy atom. The minimum Gasteiger partial charge on any atom is -0.508 e. The molecule has 9 heteroatoms. The fraction of sp³-hybridized carbons (Fsp3) is 0.522. The first-order chi connectivity index (χ1) is 26.0. The highest BCUT2D eigenvalue weighted by molar-refractivity contribution is 6.51. The third kappa shape index (κ3) is 15.9. The zero-order valence-corrected chi connectivity index (χ0v) is 35.1. The first-order valence-corrected chi connectivity index (χ1v) is 19.6. The number of carbonyl (C=O) groups is 4. The molecule has 0 amide bonds. The summed E-state index contributed by atoms with van der Waals surface area (Å²) in [6.45, 7) is 16.3. The van der Waals surface area contributed by atoms with E-state index in [0.29, 0.717) is 30.4 Å². The van der Waals surface area contributed by atoms with Crippen LogP contribution in [0.5, 0.6) is 11.5 Å². The van der Waals surface area contributed by atoms with Crippen LogP contribution < -0.4 is 0 Å². The number of phenols is 2. The highest BCUT2D eigenvalue weighted by atomic mass is 16.5. The van der Waals surface area contributed by atoms with Crippen LogP contribution in [0.4, 0.5) is 0 Å². The van der Waals surface area contributed by atoms with Crippen molar-refractivity contribution >= 4 is 23.5 Å². The minimum absolute atomic E-state index is 0.0278. The van der Waals surface area contributed by atoms with E-state index < -0.39 is 29.3 Å². The van der Waals surface area contributed by atoms with Gasteiger partial charge in [0.05, 0.1) is 19.8 Å². The molecule has 0 spiro atoms. The van der Waals surface area contributed by atoms with Crippen molar-refractivity contribution < 1.29 is 44.0 Å². The van der Waals surface area contributed by atoms with Gasteiger partial charge in [-0.1, -0.05) is 86.1 Å². The number of ether oxygens (including phenoxy) is 2. The molecule has 0 saturated heterocycles. The maximum atomic E-state index is 12.6. The first-order valence-electron chi connectivity index (χ1n) is 19.6. The van der Waals surface area contributed by atoms with Crippen LogP contribution in [0, 0.1) is 0 Å². The largest absolute Gasteiger partial charge is 0.508 e. The average molecular weight is 763 g/mol. The Kier molecular flexibility index (Phi) is 22.4. The van der Waals surface area contributed by atoms with Crippen LogP contribution in [0.1, 0.15) is 154 Å². The van der Waals surface area contributed by atoms with E-state index in [1.54, 1.807) is 6.07 Å². The number of hydrogen-bond donors (Lipinski definition) is 3. The molecule has 0 fully saturated rings. The second kappa shape index (κ2) is 25.4. The van der Waals surface area contributed by atoms with Gasteiger partial charge in [0.25, 0.3) is 0 Å². The number of unbranched alkanes of at least 4 members (excludes halogenated alkanes) is 4. The zero-order chi connectivity index (χ0) is 41.7. The van der Waals surface area contributed by atoms with Crippen molar-refractivity contribution in [3.8, 4) is 11.5 Å². The van der Waals surface area contributed by atoms with Gasteiger partial charge in [-0.15, -0.1) is 0 Å². The van der Waals surface area contributed by atoms with E-state index in [1.807, 2.05) is 46.8 Å². The predicted octanol–water partition coefficient (Wildman–Crippen LogP) is 10.9. The van der Waals surface area contributed by atoms with E-state index in [9.17, 15) is 34.5 Å². The van der Waals surface area contributed by atoms with Gasteiger partial charge in [0.15, 0.2) is 0 Å². The molecule has 9 nitrogen and oxygen atoms in total. The second-order valence-corrected chi connectivity index (χ2v) is 14.6. The molecule has 0 saturated carbocycles. The average Bonchev–Trinajstić information content (AvgIpc) is 3.13. The number of aryl methyl sites for hydroxylation is 1. The molecule has 0 radical (unpaired) electrons. The number of aliphatic hydroxyl groups is 1. The smallest absolute Gasteiger partial charge is 0.342 e. The van der Waals surface area contributed by atoms with Crippen LogP contribution in [0.2, 0.25) is 0 Å². The summed E-state index contributed by atoms with van der Waals surface area (Å²) in [5.74, 6) is -3.35. The van der Waals surface area contributed by atoms with Gasteiger partial charge < -0.3 is 24.8 Å². The van der Waals surface area contributed by atoms with Gasteiger partial charge in [-0.25, -0.2) is 9.59 Å². The Morgan fingerprint density at radius 3 is 1.64 bits per heavy atom. The highest BCUT2D eigenvalue weighted by Gasteiger charge is 2.37. The number of allylic oxidation sites excluding steroid dienone is 10. The van der Waals surface area contributed by atoms with Crippen molar-refractivity contribution in [2.45, 2.75) is 145 Å². The van der Waals surface area contributed by atoms with Gasteiger partial charge in [-0.3, -0.25) is 9.59 Å². The third-order valence-corrected chi connectivity index (χ3v) is 9.39. The summed E-state index contributed by atoms with van der Waals surface area (Å²) < 4.78 is 9.61. The number of aromatic hydroxyl groups is 2. The summed E-state index contributed by atoms with van der Waals surface area (Å²) in [6.07, 6.45) is 18.6. The van der Waals surface area contributed by atoms with E-state index in [-0.39, 0.29) is 46.6 Å². The molecule has 304 valence electrons. The van der Waals surface area contributed by atoms with Crippen molar-refractivity contribution in [2.75, 3.05) is 14.2 Å². The van der Waals surface area contributed by atoms with E-state index in [2.05, 4.69) is 32.9 Å². The van der Waals surface area contributed by atoms with Gasteiger partial charge >= 0.3 is 11.9 Å². The number of ketones is 2. The molecule has 3 N–H and O–H groups in total. The van der Waals surface area contributed by atoms with Gasteiger partial charge in [0.2, 0.25) is 11.6 Å². The SMILES string of the molecule is CCCCCC1=C(C(=O)OC)C(O)=C(C/C=C(\C)CCC=C(C)C)C(=O)C1=O.CCCCCc1cc(O)c(C/C=C(\C)CCC=C(C)C)c(O)c1C(=O)OC. The Balaban J connectivity index is 0.000000550. The van der Waals surface area contributed by atoms with Crippen molar-refractivity contribution in [1.29, 1.82) is 0 Å². The Labute approximate surface area is 329 Å². The number of Topliss-reactive ketones (excluding diaryl/α,β-unsaturated/α-hetero) is 2. The molecular formula is C46H66O9. The van der Waals surface area contributed by atoms with Gasteiger partial charge in [0, 0.05) is 11.1 Å². The van der Waals surface area contributed by atoms with Crippen molar-refractivity contribution in [3.63, 3.8) is 0 Å². The molecule has 1 aliphatic rings. The number of aliphatic hydroxyl groups excluding tert-OH is 1. The van der Waals surface area contributed by atoms with Crippen LogP contribution >= 0.6 is 0 Å². The lowest BCUT2D eigenvalue weighted by Crippen LogP contribution is -2.29. The van der Waals surface area contributed by atoms with Crippen LogP contribution in [-0.4, -0.2) is 53.0 Å². The van der Waals surface area contributed by atoms with Crippen molar-refractivity contribution in [1.82, 2.24) is 0 Å². The first kappa shape index (κ1) is 48.4. The van der Waals surface area contributed by atoms with Crippen LogP contribution in [-0.2, 0) is 36.7 Å². The van der Waals surface area contributed by atoms with Crippen LogP contribution in [0.3, 0.4) is 0 Å². The summed E-state index contributed by atoms with van der Waals surface area (Å²) in [5, 5.41) is 31.7. The van der Waals surface area contributed by atoms with Gasteiger partial charge in [-0.2, -0.15) is 0 Å². The summed E-state index contributed by atoms with van der Waals surface area (Å²) in [7, 11) is 2.50. The van der Waals surface area contributed by atoms with E-state index >= 15 is 0 Å². The maximum Gasteiger partial charge on any atom is 0.342 e. The number of benzene rings is 1. The fourth-order valence-corrected chi connectivity index (χ4v) is 6.07. The lowest BCUT2D eigenvalue weighted by atomic mass is 9.84. The topological polar surface area (TPSA) is 147 Å². The fourth-order valence-electron chi connectivity index (χ4n) is 6.07. The van der Waals surface area contributed by atoms with E-state index in [1.165, 1.54) is 30.9 Å². The predicted molar refractivity (Wildman–Crippen MR) is 220 cm³/mol. The summed E-state index contributed by atoms with van der Waals surface area (Å²) in [5.41, 5.74) is 5.82. The zero-order valence-electron chi connectivity index (χ0n) is 35.1. The number of hydrogen-bond acceptors (Lipinski definition) is 9. The van der Waals surface area contributed by atoms with E-state index in [4.69, 9.17) is 9.47 Å². The number of carbonyl (C=O) groups excluding carboxylic acids is 4. The molecule has 0 unspecified atom stereocenters. The molecule has 0 bridgehead atoms. The normalized spacial score (nSPS) is 13.3. The highest BCUT2D eigenvalue weighted by Crippen LogP contribution is 2.36. The number of rotatable bonds is 20. The molecule has 2 rings (SSSR count). The standard InChI is InChI=1S/C23H32O5.C23H34O4/c1-6-7-8-12-17-19(23(27)28-5)20(24)18(22(26)21(17)25)14-13-16(4)11-9-10-15(2)3;1-6-7-8-12-18-15-20(24)19(22(25)21(18)23(26)27-5)14-13-17(4)11-9-10-16(2)3/h10,13,24H,6-9,11-12,14H2,1-5H3;10,13,15,24-25H,6-9,11-12,14H2,1-5H3/b16-13+;17-13+.